The van der Waals surface area contributed by atoms with Crippen molar-refractivity contribution >= 4 is 23.0 Å². The SMILES string of the molecule is CC1(C)COCCN1c1nc(C(F)(F)F)ccc1C(N)=S. The van der Waals surface area contributed by atoms with Crippen LogP contribution in [0.4, 0.5) is 19.0 Å². The highest BCUT2D eigenvalue weighted by atomic mass is 32.1. The molecule has 0 radical (unpaired) electrons. The van der Waals surface area contributed by atoms with E-state index in [0.29, 0.717) is 25.3 Å². The zero-order valence-electron chi connectivity index (χ0n) is 11.7. The molecule has 0 amide bonds. The molecule has 0 unspecified atom stereocenters. The Morgan fingerprint density at radius 2 is 2.10 bits per heavy atom. The summed E-state index contributed by atoms with van der Waals surface area (Å²) in [5, 5.41) is 0. The molecule has 0 bridgehead atoms. The van der Waals surface area contributed by atoms with E-state index in [4.69, 9.17) is 22.7 Å². The van der Waals surface area contributed by atoms with E-state index < -0.39 is 17.4 Å². The summed E-state index contributed by atoms with van der Waals surface area (Å²) in [7, 11) is 0. The summed E-state index contributed by atoms with van der Waals surface area (Å²) in [6.07, 6.45) is -4.51. The quantitative estimate of drug-likeness (QED) is 0.848. The van der Waals surface area contributed by atoms with Gasteiger partial charge in [-0.25, -0.2) is 4.98 Å². The second kappa shape index (κ2) is 5.42. The minimum absolute atomic E-state index is 0.0218. The number of nitrogens with two attached hydrogens (primary N) is 1. The highest BCUT2D eigenvalue weighted by molar-refractivity contribution is 7.80. The van der Waals surface area contributed by atoms with Crippen LogP contribution in [0.3, 0.4) is 0 Å². The molecule has 1 saturated heterocycles. The highest BCUT2D eigenvalue weighted by Gasteiger charge is 2.37. The molecular weight excluding hydrogens is 303 g/mol. The van der Waals surface area contributed by atoms with Crippen molar-refractivity contribution in [2.75, 3.05) is 24.7 Å². The molecule has 1 aromatic rings. The summed E-state index contributed by atoms with van der Waals surface area (Å²) in [5.74, 6) is 0.158. The van der Waals surface area contributed by atoms with Crippen molar-refractivity contribution in [3.05, 3.63) is 23.4 Å². The molecule has 4 nitrogen and oxygen atoms in total. The Morgan fingerprint density at radius 3 is 2.62 bits per heavy atom. The number of thiocarbonyl (C=S) groups is 1. The third-order valence-corrected chi connectivity index (χ3v) is 3.55. The predicted molar refractivity (Wildman–Crippen MR) is 77.4 cm³/mol. The number of ether oxygens (including phenoxy) is 1. The molecule has 2 heterocycles. The average Bonchev–Trinajstić information content (AvgIpc) is 2.36. The Balaban J connectivity index is 2.55. The van der Waals surface area contributed by atoms with Gasteiger partial charge in [-0.15, -0.1) is 0 Å². The minimum Gasteiger partial charge on any atom is -0.389 e. The molecule has 1 aromatic heterocycles. The summed E-state index contributed by atoms with van der Waals surface area (Å²) >= 11 is 4.93. The van der Waals surface area contributed by atoms with Gasteiger partial charge in [-0.2, -0.15) is 13.2 Å². The number of pyridine rings is 1. The van der Waals surface area contributed by atoms with Crippen LogP contribution in [-0.4, -0.2) is 35.3 Å². The van der Waals surface area contributed by atoms with Crippen molar-refractivity contribution in [3.8, 4) is 0 Å². The Hall–Kier alpha value is -1.41. The van der Waals surface area contributed by atoms with Crippen molar-refractivity contribution < 1.29 is 17.9 Å². The van der Waals surface area contributed by atoms with Crippen LogP contribution in [0.25, 0.3) is 0 Å². The second-order valence-corrected chi connectivity index (χ2v) is 5.89. The first-order valence-electron chi connectivity index (χ1n) is 6.36. The summed E-state index contributed by atoms with van der Waals surface area (Å²) in [6, 6.07) is 2.17. The van der Waals surface area contributed by atoms with Gasteiger partial charge >= 0.3 is 6.18 Å². The van der Waals surface area contributed by atoms with Crippen LogP contribution >= 0.6 is 12.2 Å². The number of alkyl halides is 3. The number of halogens is 3. The van der Waals surface area contributed by atoms with Crippen LogP contribution in [0.2, 0.25) is 0 Å². The van der Waals surface area contributed by atoms with Gasteiger partial charge in [-0.3, -0.25) is 0 Å². The third-order valence-electron chi connectivity index (χ3n) is 3.33. The summed E-state index contributed by atoms with van der Waals surface area (Å²) in [4.78, 5) is 5.55. The van der Waals surface area contributed by atoms with Gasteiger partial charge in [0, 0.05) is 6.54 Å². The Morgan fingerprint density at radius 1 is 1.43 bits per heavy atom. The van der Waals surface area contributed by atoms with Crippen molar-refractivity contribution in [2.45, 2.75) is 25.6 Å². The van der Waals surface area contributed by atoms with Crippen LogP contribution < -0.4 is 10.6 Å². The lowest BCUT2D eigenvalue weighted by molar-refractivity contribution is -0.141. The number of hydrogen-bond acceptors (Lipinski definition) is 4. The van der Waals surface area contributed by atoms with E-state index in [2.05, 4.69) is 4.98 Å². The van der Waals surface area contributed by atoms with Crippen LogP contribution in [0.5, 0.6) is 0 Å². The first-order valence-corrected chi connectivity index (χ1v) is 6.77. The number of anilines is 1. The summed E-state index contributed by atoms with van der Waals surface area (Å²) < 4.78 is 44.1. The fourth-order valence-corrected chi connectivity index (χ4v) is 2.41. The lowest BCUT2D eigenvalue weighted by Crippen LogP contribution is -2.54. The maximum Gasteiger partial charge on any atom is 0.433 e. The van der Waals surface area contributed by atoms with Gasteiger partial charge < -0.3 is 15.4 Å². The monoisotopic (exact) mass is 319 g/mol. The largest absolute Gasteiger partial charge is 0.433 e. The Labute approximate surface area is 126 Å². The van der Waals surface area contributed by atoms with E-state index in [1.165, 1.54) is 6.07 Å². The van der Waals surface area contributed by atoms with E-state index in [1.807, 2.05) is 13.8 Å². The first-order chi connectivity index (χ1) is 9.63. The van der Waals surface area contributed by atoms with Crippen LogP contribution in [0, 0.1) is 0 Å². The topological polar surface area (TPSA) is 51.4 Å². The number of hydrogen-bond donors (Lipinski definition) is 1. The molecule has 21 heavy (non-hydrogen) atoms. The third kappa shape index (κ3) is 3.26. The van der Waals surface area contributed by atoms with Crippen LogP contribution in [0.1, 0.15) is 25.1 Å². The molecule has 2 rings (SSSR count). The number of aromatic nitrogens is 1. The van der Waals surface area contributed by atoms with E-state index in [9.17, 15) is 13.2 Å². The molecule has 1 aliphatic heterocycles. The van der Waals surface area contributed by atoms with Gasteiger partial charge in [0.1, 0.15) is 16.5 Å². The van der Waals surface area contributed by atoms with Crippen molar-refractivity contribution in [2.24, 2.45) is 5.73 Å². The summed E-state index contributed by atoms with van der Waals surface area (Å²) in [6.45, 7) is 4.98. The zero-order valence-corrected chi connectivity index (χ0v) is 12.5. The Kier molecular flexibility index (Phi) is 4.12. The standard InChI is InChI=1S/C13H16F3N3OS/c1-12(2)7-20-6-5-19(12)11-8(10(17)21)3-4-9(18-11)13(14,15)16/h3-4H,5-7H2,1-2H3,(H2,17,21). The molecule has 1 aliphatic rings. The average molecular weight is 319 g/mol. The van der Waals surface area contributed by atoms with Crippen molar-refractivity contribution in [3.63, 3.8) is 0 Å². The zero-order chi connectivity index (χ0) is 15.8. The molecule has 2 N–H and O–H groups in total. The molecule has 0 aromatic carbocycles. The summed E-state index contributed by atoms with van der Waals surface area (Å²) in [5.41, 5.74) is 4.51. The van der Waals surface area contributed by atoms with Crippen LogP contribution in [-0.2, 0) is 10.9 Å². The second-order valence-electron chi connectivity index (χ2n) is 5.45. The molecule has 0 atom stereocenters. The molecule has 1 fully saturated rings. The normalized spacial score (nSPS) is 18.6. The van der Waals surface area contributed by atoms with E-state index in [-0.39, 0.29) is 10.8 Å². The molecule has 8 heteroatoms. The predicted octanol–water partition coefficient (Wildman–Crippen LogP) is 2.35. The smallest absolute Gasteiger partial charge is 0.389 e. The van der Waals surface area contributed by atoms with Gasteiger partial charge in [0.15, 0.2) is 0 Å². The first kappa shape index (κ1) is 16.0. The molecular formula is C13H16F3N3OS. The molecule has 0 aliphatic carbocycles. The highest BCUT2D eigenvalue weighted by Crippen LogP contribution is 2.33. The molecule has 0 spiro atoms. The number of rotatable bonds is 2. The fraction of sp³-hybridized carbons (Fsp3) is 0.538. The molecule has 116 valence electrons. The lowest BCUT2D eigenvalue weighted by atomic mass is 10.0. The maximum atomic E-state index is 12.9. The number of nitrogens with zero attached hydrogens (tertiary/aromatic N) is 2. The van der Waals surface area contributed by atoms with E-state index in [1.54, 1.807) is 4.90 Å². The Bertz CT molecular complexity index is 560. The van der Waals surface area contributed by atoms with E-state index in [0.717, 1.165) is 6.07 Å². The van der Waals surface area contributed by atoms with Gasteiger partial charge in [-0.05, 0) is 26.0 Å². The van der Waals surface area contributed by atoms with Gasteiger partial charge in [0.25, 0.3) is 0 Å². The van der Waals surface area contributed by atoms with Gasteiger partial charge in [0.2, 0.25) is 0 Å². The van der Waals surface area contributed by atoms with Crippen LogP contribution in [0.15, 0.2) is 12.1 Å². The van der Waals surface area contributed by atoms with E-state index >= 15 is 0 Å². The lowest BCUT2D eigenvalue weighted by Gasteiger charge is -2.43. The fourth-order valence-electron chi connectivity index (χ4n) is 2.26. The van der Waals surface area contributed by atoms with Gasteiger partial charge in [-0.1, -0.05) is 12.2 Å². The van der Waals surface area contributed by atoms with Crippen molar-refractivity contribution in [1.82, 2.24) is 4.98 Å². The molecule has 0 saturated carbocycles. The number of morpholine rings is 1. The minimum atomic E-state index is -4.51. The van der Waals surface area contributed by atoms with Gasteiger partial charge in [0.05, 0.1) is 24.3 Å². The maximum absolute atomic E-state index is 12.9. The van der Waals surface area contributed by atoms with Crippen molar-refractivity contribution in [1.29, 1.82) is 0 Å².